The molecular formula is C14H19ClN4. The van der Waals surface area contributed by atoms with Gasteiger partial charge in [0.05, 0.1) is 22.1 Å². The quantitative estimate of drug-likeness (QED) is 0.897. The third-order valence-corrected chi connectivity index (χ3v) is 3.35. The number of nitrogen functional groups attached to an aromatic ring is 1. The highest BCUT2D eigenvalue weighted by molar-refractivity contribution is 6.33. The maximum Gasteiger partial charge on any atom is 0.152 e. The lowest BCUT2D eigenvalue weighted by Gasteiger charge is -2.10. The summed E-state index contributed by atoms with van der Waals surface area (Å²) in [5.74, 6) is 1.06. The van der Waals surface area contributed by atoms with E-state index in [0.29, 0.717) is 10.7 Å². The predicted octanol–water partition coefficient (Wildman–Crippen LogP) is 3.83. The molecule has 0 bridgehead atoms. The van der Waals surface area contributed by atoms with E-state index in [1.165, 1.54) is 0 Å². The largest absolute Gasteiger partial charge is 0.394 e. The van der Waals surface area contributed by atoms with Crippen molar-refractivity contribution >= 4 is 28.8 Å². The van der Waals surface area contributed by atoms with Gasteiger partial charge in [0.1, 0.15) is 0 Å². The molecule has 0 spiro atoms. The fourth-order valence-electron chi connectivity index (χ4n) is 1.98. The Morgan fingerprint density at radius 2 is 2.05 bits per heavy atom. The third-order valence-electron chi connectivity index (χ3n) is 3.04. The van der Waals surface area contributed by atoms with Crippen molar-refractivity contribution in [2.75, 3.05) is 11.1 Å². The van der Waals surface area contributed by atoms with Crippen molar-refractivity contribution in [3.05, 3.63) is 34.5 Å². The van der Waals surface area contributed by atoms with Gasteiger partial charge in [-0.15, -0.1) is 0 Å². The first-order chi connectivity index (χ1) is 8.90. The van der Waals surface area contributed by atoms with Gasteiger partial charge in [0.2, 0.25) is 0 Å². The first-order valence-electron chi connectivity index (χ1n) is 6.25. The molecule has 5 heteroatoms. The Bertz CT molecular complexity index is 602. The van der Waals surface area contributed by atoms with E-state index in [-0.39, 0.29) is 5.92 Å². The second-order valence-electron chi connectivity index (χ2n) is 5.03. The molecule has 2 rings (SSSR count). The summed E-state index contributed by atoms with van der Waals surface area (Å²) in [5.41, 5.74) is 9.67. The zero-order valence-corrected chi connectivity index (χ0v) is 12.4. The van der Waals surface area contributed by atoms with Crippen molar-refractivity contribution in [3.63, 3.8) is 0 Å². The fraction of sp³-hybridized carbons (Fsp3) is 0.357. The number of aryl methyl sites for hydroxylation is 2. The summed E-state index contributed by atoms with van der Waals surface area (Å²) in [5, 5.41) is 8.37. The normalized spacial score (nSPS) is 11.1. The average Bonchev–Trinajstić information content (AvgIpc) is 2.60. The molecule has 19 heavy (non-hydrogen) atoms. The van der Waals surface area contributed by atoms with Crippen molar-refractivity contribution in [2.24, 2.45) is 7.05 Å². The monoisotopic (exact) mass is 278 g/mol. The Hall–Kier alpha value is -1.68. The van der Waals surface area contributed by atoms with Crippen LogP contribution in [0.2, 0.25) is 5.02 Å². The van der Waals surface area contributed by atoms with E-state index in [1.807, 2.05) is 32.2 Å². The number of nitrogens with zero attached hydrogens (tertiary/aromatic N) is 2. The van der Waals surface area contributed by atoms with Crippen LogP contribution >= 0.6 is 11.6 Å². The van der Waals surface area contributed by atoms with Crippen LogP contribution in [-0.2, 0) is 7.05 Å². The van der Waals surface area contributed by atoms with Crippen LogP contribution in [0.1, 0.15) is 31.0 Å². The smallest absolute Gasteiger partial charge is 0.152 e. The van der Waals surface area contributed by atoms with Gasteiger partial charge in [0.15, 0.2) is 5.82 Å². The second kappa shape index (κ2) is 5.13. The third kappa shape index (κ3) is 2.68. The van der Waals surface area contributed by atoms with E-state index in [4.69, 9.17) is 17.3 Å². The zero-order chi connectivity index (χ0) is 14.2. The number of nitrogens with one attached hydrogen (secondary N) is 1. The lowest BCUT2D eigenvalue weighted by molar-refractivity contribution is 0.718. The van der Waals surface area contributed by atoms with Crippen LogP contribution in [0.15, 0.2) is 18.2 Å². The second-order valence-corrected chi connectivity index (χ2v) is 5.44. The summed E-state index contributed by atoms with van der Waals surface area (Å²) >= 11 is 6.22. The molecule has 0 unspecified atom stereocenters. The molecule has 0 saturated heterocycles. The van der Waals surface area contributed by atoms with Gasteiger partial charge in [-0.05, 0) is 30.5 Å². The first-order valence-corrected chi connectivity index (χ1v) is 6.63. The molecule has 1 aromatic carbocycles. The Morgan fingerprint density at radius 1 is 1.37 bits per heavy atom. The van der Waals surface area contributed by atoms with Crippen molar-refractivity contribution in [1.29, 1.82) is 0 Å². The highest BCUT2D eigenvalue weighted by atomic mass is 35.5. The average molecular weight is 279 g/mol. The van der Waals surface area contributed by atoms with Gasteiger partial charge in [0.25, 0.3) is 0 Å². The van der Waals surface area contributed by atoms with E-state index < -0.39 is 0 Å². The molecule has 2 aromatic rings. The Balaban J connectivity index is 2.38. The van der Waals surface area contributed by atoms with Gasteiger partial charge in [0, 0.05) is 7.05 Å². The van der Waals surface area contributed by atoms with Gasteiger partial charge in [-0.1, -0.05) is 31.5 Å². The van der Waals surface area contributed by atoms with Crippen LogP contribution in [0, 0.1) is 6.92 Å². The van der Waals surface area contributed by atoms with Gasteiger partial charge in [-0.25, -0.2) is 0 Å². The molecule has 0 amide bonds. The minimum absolute atomic E-state index is 0.287. The zero-order valence-electron chi connectivity index (χ0n) is 11.7. The summed E-state index contributed by atoms with van der Waals surface area (Å²) in [4.78, 5) is 0. The van der Waals surface area contributed by atoms with Crippen LogP contribution in [0.25, 0.3) is 0 Å². The van der Waals surface area contributed by atoms with E-state index in [2.05, 4.69) is 24.3 Å². The van der Waals surface area contributed by atoms with Crippen molar-refractivity contribution < 1.29 is 0 Å². The molecule has 1 aromatic heterocycles. The molecule has 3 N–H and O–H groups in total. The number of hydrogen-bond acceptors (Lipinski definition) is 3. The van der Waals surface area contributed by atoms with Crippen LogP contribution < -0.4 is 11.1 Å². The highest BCUT2D eigenvalue weighted by Crippen LogP contribution is 2.32. The Kier molecular flexibility index (Phi) is 3.71. The van der Waals surface area contributed by atoms with Crippen LogP contribution in [0.5, 0.6) is 0 Å². The maximum atomic E-state index is 6.22. The number of nitrogens with two attached hydrogens (primary N) is 1. The molecule has 0 saturated carbocycles. The van der Waals surface area contributed by atoms with E-state index in [1.54, 1.807) is 4.68 Å². The van der Waals surface area contributed by atoms with Gasteiger partial charge >= 0.3 is 0 Å². The molecule has 1 heterocycles. The maximum absolute atomic E-state index is 6.22. The highest BCUT2D eigenvalue weighted by Gasteiger charge is 2.16. The molecule has 102 valence electrons. The molecule has 0 aliphatic heterocycles. The van der Waals surface area contributed by atoms with Crippen LogP contribution in [-0.4, -0.2) is 9.78 Å². The minimum atomic E-state index is 0.287. The molecule has 0 aliphatic rings. The summed E-state index contributed by atoms with van der Waals surface area (Å²) in [6.45, 7) is 6.15. The Labute approximate surface area is 118 Å². The standard InChI is InChI=1S/C14H19ClN4/c1-8(2)13-12(16)14(19(4)18-13)17-11-6-5-9(3)7-10(11)15/h5-8,17H,16H2,1-4H3. The van der Waals surface area contributed by atoms with Crippen LogP contribution in [0.4, 0.5) is 17.2 Å². The summed E-state index contributed by atoms with van der Waals surface area (Å²) in [6, 6.07) is 5.86. The molecular weight excluding hydrogens is 260 g/mol. The summed E-state index contributed by atoms with van der Waals surface area (Å²) < 4.78 is 1.75. The van der Waals surface area contributed by atoms with E-state index in [0.717, 1.165) is 22.8 Å². The molecule has 0 aliphatic carbocycles. The van der Waals surface area contributed by atoms with Crippen molar-refractivity contribution in [3.8, 4) is 0 Å². The SMILES string of the molecule is Cc1ccc(Nc2c(N)c(C(C)C)nn2C)c(Cl)c1. The number of halogens is 1. The van der Waals surface area contributed by atoms with Gasteiger partial charge < -0.3 is 11.1 Å². The van der Waals surface area contributed by atoms with E-state index in [9.17, 15) is 0 Å². The molecule has 0 atom stereocenters. The topological polar surface area (TPSA) is 55.9 Å². The lowest BCUT2D eigenvalue weighted by Crippen LogP contribution is -2.01. The molecule has 0 fully saturated rings. The lowest BCUT2D eigenvalue weighted by atomic mass is 10.1. The van der Waals surface area contributed by atoms with Crippen molar-refractivity contribution in [2.45, 2.75) is 26.7 Å². The number of anilines is 3. The minimum Gasteiger partial charge on any atom is -0.394 e. The summed E-state index contributed by atoms with van der Waals surface area (Å²) in [7, 11) is 1.87. The fourth-order valence-corrected chi connectivity index (χ4v) is 2.27. The molecule has 4 nitrogen and oxygen atoms in total. The number of hydrogen-bond donors (Lipinski definition) is 2. The molecule has 0 radical (unpaired) electrons. The van der Waals surface area contributed by atoms with Crippen LogP contribution in [0.3, 0.4) is 0 Å². The summed E-state index contributed by atoms with van der Waals surface area (Å²) in [6.07, 6.45) is 0. The number of aromatic nitrogens is 2. The van der Waals surface area contributed by atoms with E-state index >= 15 is 0 Å². The van der Waals surface area contributed by atoms with Gasteiger partial charge in [-0.3, -0.25) is 4.68 Å². The predicted molar refractivity (Wildman–Crippen MR) is 81.2 cm³/mol. The van der Waals surface area contributed by atoms with Gasteiger partial charge in [-0.2, -0.15) is 5.10 Å². The number of rotatable bonds is 3. The van der Waals surface area contributed by atoms with Crippen molar-refractivity contribution in [1.82, 2.24) is 9.78 Å². The first kappa shape index (κ1) is 13.7. The Morgan fingerprint density at radius 3 is 2.58 bits per heavy atom. The number of benzene rings is 1.